The average Bonchev–Trinajstić information content (AvgIpc) is 3.09. The smallest absolute Gasteiger partial charge is 0.164 e. The number of aromatic nitrogens is 5. The minimum absolute atomic E-state index is 0.639. The topological polar surface area (TPSA) is 64.5 Å². The van der Waals surface area contributed by atoms with Gasteiger partial charge in [-0.05, 0) is 63.7 Å². The quantitative estimate of drug-likeness (QED) is 0.212. The predicted octanol–water partition coefficient (Wildman–Crippen LogP) is 8.66. The van der Waals surface area contributed by atoms with Crippen molar-refractivity contribution in [3.63, 3.8) is 0 Å². The molecule has 4 aromatic carbocycles. The summed E-state index contributed by atoms with van der Waals surface area (Å²) in [5, 5.41) is 0. The molecule has 198 valence electrons. The molecular weight excluding hydrogens is 514 g/mol. The number of hydrogen-bond acceptors (Lipinski definition) is 5. The molecule has 0 radical (unpaired) electrons. The maximum atomic E-state index is 4.87. The van der Waals surface area contributed by atoms with Gasteiger partial charge in [0.2, 0.25) is 0 Å². The molecule has 5 heteroatoms. The molecule has 5 nitrogen and oxygen atoms in total. The lowest BCUT2D eigenvalue weighted by atomic mass is 9.91. The van der Waals surface area contributed by atoms with E-state index in [1.165, 1.54) is 0 Å². The van der Waals surface area contributed by atoms with Gasteiger partial charge < -0.3 is 0 Å². The van der Waals surface area contributed by atoms with Crippen molar-refractivity contribution in [2.45, 2.75) is 0 Å². The van der Waals surface area contributed by atoms with Crippen molar-refractivity contribution < 1.29 is 0 Å². The summed E-state index contributed by atoms with van der Waals surface area (Å²) in [6.07, 6.45) is 7.31. The first-order valence-corrected chi connectivity index (χ1v) is 13.7. The largest absolute Gasteiger partial charge is 0.265 e. The van der Waals surface area contributed by atoms with Gasteiger partial charge in [0.25, 0.3) is 0 Å². The van der Waals surface area contributed by atoms with Crippen molar-refractivity contribution in [3.8, 4) is 67.5 Å². The summed E-state index contributed by atoms with van der Waals surface area (Å²) < 4.78 is 0. The van der Waals surface area contributed by atoms with E-state index in [2.05, 4.69) is 52.4 Å². The molecule has 0 fully saturated rings. The molecule has 42 heavy (non-hydrogen) atoms. The molecule has 0 aliphatic carbocycles. The van der Waals surface area contributed by atoms with Crippen LogP contribution in [0.4, 0.5) is 0 Å². The van der Waals surface area contributed by atoms with Crippen LogP contribution in [0.2, 0.25) is 0 Å². The van der Waals surface area contributed by atoms with Crippen LogP contribution in [-0.4, -0.2) is 24.9 Å². The molecule has 0 unspecified atom stereocenters. The molecule has 0 aliphatic rings. The first-order chi connectivity index (χ1) is 20.8. The molecule has 0 N–H and O–H groups in total. The Balaban J connectivity index is 1.29. The first kappa shape index (κ1) is 25.2. The fourth-order valence-electron chi connectivity index (χ4n) is 5.03. The highest BCUT2D eigenvalue weighted by atomic mass is 15.0. The summed E-state index contributed by atoms with van der Waals surface area (Å²) in [7, 11) is 0. The van der Waals surface area contributed by atoms with Crippen LogP contribution in [0.25, 0.3) is 67.5 Å². The van der Waals surface area contributed by atoms with Gasteiger partial charge in [-0.2, -0.15) is 0 Å². The zero-order valence-corrected chi connectivity index (χ0v) is 22.7. The highest BCUT2D eigenvalue weighted by Gasteiger charge is 2.13. The monoisotopic (exact) mass is 539 g/mol. The van der Waals surface area contributed by atoms with E-state index in [1.807, 2.05) is 110 Å². The Morgan fingerprint density at radius 2 is 0.690 bits per heavy atom. The van der Waals surface area contributed by atoms with E-state index in [9.17, 15) is 0 Å². The minimum Gasteiger partial charge on any atom is -0.265 e. The van der Waals surface area contributed by atoms with Gasteiger partial charge in [0.1, 0.15) is 0 Å². The molecule has 0 saturated heterocycles. The zero-order valence-electron chi connectivity index (χ0n) is 22.7. The van der Waals surface area contributed by atoms with E-state index in [0.717, 1.165) is 50.1 Å². The Kier molecular flexibility index (Phi) is 6.81. The molecule has 0 saturated carbocycles. The Morgan fingerprint density at radius 1 is 0.286 bits per heavy atom. The van der Waals surface area contributed by atoms with E-state index in [1.54, 1.807) is 0 Å². The van der Waals surface area contributed by atoms with Gasteiger partial charge in [0.05, 0.1) is 0 Å². The Morgan fingerprint density at radius 3 is 1.19 bits per heavy atom. The fraction of sp³-hybridized carbons (Fsp3) is 0. The van der Waals surface area contributed by atoms with Gasteiger partial charge in [-0.15, -0.1) is 0 Å². The van der Waals surface area contributed by atoms with Gasteiger partial charge in [-0.25, -0.2) is 15.0 Å². The maximum Gasteiger partial charge on any atom is 0.164 e. The summed E-state index contributed by atoms with van der Waals surface area (Å²) in [6.45, 7) is 0. The highest BCUT2D eigenvalue weighted by Crippen LogP contribution is 2.36. The third-order valence-electron chi connectivity index (χ3n) is 7.18. The van der Waals surface area contributed by atoms with Crippen molar-refractivity contribution >= 4 is 0 Å². The zero-order chi connectivity index (χ0) is 28.1. The number of benzene rings is 4. The van der Waals surface area contributed by atoms with E-state index >= 15 is 0 Å². The normalized spacial score (nSPS) is 10.9. The molecule has 3 heterocycles. The van der Waals surface area contributed by atoms with Crippen molar-refractivity contribution in [2.75, 3.05) is 0 Å². The van der Waals surface area contributed by atoms with Crippen LogP contribution in [0.15, 0.2) is 152 Å². The van der Waals surface area contributed by atoms with Crippen molar-refractivity contribution in [3.05, 3.63) is 152 Å². The minimum atomic E-state index is 0.639. The highest BCUT2D eigenvalue weighted by molar-refractivity contribution is 5.87. The molecule has 3 aromatic heterocycles. The van der Waals surface area contributed by atoms with E-state index < -0.39 is 0 Å². The standard InChI is InChI=1S/C37H25N5/c1-3-7-29(8-4-1)35-40-36(30-9-5-2-6-10-30)42-37(41-35)31-13-11-26(12-14-31)32-15-16-33(27-17-21-38-22-18-27)34(25-32)28-19-23-39-24-20-28/h1-25H. The third kappa shape index (κ3) is 5.19. The lowest BCUT2D eigenvalue weighted by Gasteiger charge is -2.13. The van der Waals surface area contributed by atoms with Gasteiger partial charge in [-0.3, -0.25) is 9.97 Å². The van der Waals surface area contributed by atoms with Gasteiger partial charge in [-0.1, -0.05) is 97.1 Å². The van der Waals surface area contributed by atoms with Crippen LogP contribution < -0.4 is 0 Å². The predicted molar refractivity (Wildman–Crippen MR) is 168 cm³/mol. The van der Waals surface area contributed by atoms with Crippen LogP contribution in [0.1, 0.15) is 0 Å². The number of rotatable bonds is 6. The average molecular weight is 540 g/mol. The van der Waals surface area contributed by atoms with Crippen LogP contribution in [-0.2, 0) is 0 Å². The van der Waals surface area contributed by atoms with E-state index in [4.69, 9.17) is 15.0 Å². The van der Waals surface area contributed by atoms with Crippen LogP contribution >= 0.6 is 0 Å². The molecule has 0 spiro atoms. The third-order valence-corrected chi connectivity index (χ3v) is 7.18. The molecule has 0 aliphatic heterocycles. The Labute approximate surface area is 244 Å². The van der Waals surface area contributed by atoms with Gasteiger partial charge >= 0.3 is 0 Å². The van der Waals surface area contributed by atoms with Crippen LogP contribution in [0.3, 0.4) is 0 Å². The summed E-state index contributed by atoms with van der Waals surface area (Å²) in [5.41, 5.74) is 9.59. The lowest BCUT2D eigenvalue weighted by molar-refractivity contribution is 1.07. The van der Waals surface area contributed by atoms with Crippen LogP contribution in [0, 0.1) is 0 Å². The van der Waals surface area contributed by atoms with Gasteiger partial charge in [0, 0.05) is 41.5 Å². The Bertz CT molecular complexity index is 1880. The van der Waals surface area contributed by atoms with Crippen molar-refractivity contribution in [1.82, 2.24) is 24.9 Å². The second-order valence-electron chi connectivity index (χ2n) is 9.85. The first-order valence-electron chi connectivity index (χ1n) is 13.7. The second-order valence-corrected chi connectivity index (χ2v) is 9.85. The fourth-order valence-corrected chi connectivity index (χ4v) is 5.03. The van der Waals surface area contributed by atoms with Gasteiger partial charge in [0.15, 0.2) is 17.5 Å². The summed E-state index contributed by atoms with van der Waals surface area (Å²) in [5.74, 6) is 1.94. The SMILES string of the molecule is c1ccc(-c2nc(-c3ccccc3)nc(-c3ccc(-c4ccc(-c5ccncc5)c(-c5ccncc5)c4)cc3)n2)cc1. The number of pyridine rings is 2. The molecule has 0 atom stereocenters. The summed E-state index contributed by atoms with van der Waals surface area (Å²) in [4.78, 5) is 23.0. The van der Waals surface area contributed by atoms with Crippen molar-refractivity contribution in [2.24, 2.45) is 0 Å². The molecule has 0 bridgehead atoms. The van der Waals surface area contributed by atoms with Crippen molar-refractivity contribution in [1.29, 1.82) is 0 Å². The summed E-state index contributed by atoms with van der Waals surface area (Å²) in [6, 6.07) is 43.2. The number of nitrogens with zero attached hydrogens (tertiary/aromatic N) is 5. The summed E-state index contributed by atoms with van der Waals surface area (Å²) >= 11 is 0. The lowest BCUT2D eigenvalue weighted by Crippen LogP contribution is -2.00. The Hall–Kier alpha value is -5.81. The second kappa shape index (κ2) is 11.4. The number of hydrogen-bond donors (Lipinski definition) is 0. The van der Waals surface area contributed by atoms with Crippen LogP contribution in [0.5, 0.6) is 0 Å². The molecule has 7 rings (SSSR count). The van der Waals surface area contributed by atoms with E-state index in [0.29, 0.717) is 17.5 Å². The molecule has 0 amide bonds. The molecule has 7 aromatic rings. The maximum absolute atomic E-state index is 4.87. The molecular formula is C37H25N5. The van der Waals surface area contributed by atoms with E-state index in [-0.39, 0.29) is 0 Å².